The molecule has 0 unspecified atom stereocenters. The molecule has 3 aromatic heterocycles. The summed E-state index contributed by atoms with van der Waals surface area (Å²) in [6.07, 6.45) is 4.48. The second-order valence-corrected chi connectivity index (χ2v) is 9.86. The maximum atomic E-state index is 11.5. The minimum absolute atomic E-state index is 0.261. The quantitative estimate of drug-likeness (QED) is 0.326. The molecule has 0 atom stereocenters. The lowest BCUT2D eigenvalue weighted by Gasteiger charge is -2.15. The van der Waals surface area contributed by atoms with Gasteiger partial charge in [-0.1, -0.05) is 54.6 Å². The van der Waals surface area contributed by atoms with E-state index >= 15 is 0 Å². The van der Waals surface area contributed by atoms with E-state index in [4.69, 9.17) is 4.98 Å². The average Bonchev–Trinajstić information content (AvgIpc) is 2.87. The van der Waals surface area contributed by atoms with E-state index in [0.717, 1.165) is 50.9 Å². The lowest BCUT2D eigenvalue weighted by atomic mass is 9.97. The second kappa shape index (κ2) is 9.52. The van der Waals surface area contributed by atoms with Crippen LogP contribution in [0.1, 0.15) is 5.69 Å². The predicted octanol–water partition coefficient (Wildman–Crippen LogP) is 5.34. The summed E-state index contributed by atoms with van der Waals surface area (Å²) in [6.45, 7) is 0.519. The Labute approximate surface area is 204 Å². The van der Waals surface area contributed by atoms with Gasteiger partial charge < -0.3 is 5.32 Å². The summed E-state index contributed by atoms with van der Waals surface area (Å²) < 4.78 is 25.4. The fraction of sp³-hybridized carbons (Fsp3) is 0.0741. The van der Waals surface area contributed by atoms with Crippen molar-refractivity contribution in [2.24, 2.45) is 0 Å². The van der Waals surface area contributed by atoms with E-state index in [1.54, 1.807) is 24.5 Å². The van der Waals surface area contributed by atoms with Crippen molar-refractivity contribution < 1.29 is 8.42 Å². The number of hydrogen-bond donors (Lipinski definition) is 2. The Morgan fingerprint density at radius 3 is 2.37 bits per heavy atom. The first-order valence-corrected chi connectivity index (χ1v) is 12.9. The highest BCUT2D eigenvalue weighted by Gasteiger charge is 2.14. The third-order valence-electron chi connectivity index (χ3n) is 5.46. The fourth-order valence-corrected chi connectivity index (χ4v) is 4.42. The van der Waals surface area contributed by atoms with Crippen molar-refractivity contribution in [2.45, 2.75) is 6.54 Å². The number of nitrogens with one attached hydrogen (secondary N) is 2. The molecule has 3 heterocycles. The SMILES string of the molecule is CS(=O)(=O)Nc1ccc(-c2cc3cccc(-c4ccccc4)c3c(NCc3ccccn3)n2)cn1. The van der Waals surface area contributed by atoms with E-state index in [1.807, 2.05) is 48.5 Å². The van der Waals surface area contributed by atoms with Crippen LogP contribution in [-0.2, 0) is 16.6 Å². The van der Waals surface area contributed by atoms with Gasteiger partial charge in [0.25, 0.3) is 0 Å². The van der Waals surface area contributed by atoms with Crippen molar-refractivity contribution in [3.8, 4) is 22.4 Å². The topological polar surface area (TPSA) is 96.9 Å². The number of pyridine rings is 3. The number of fused-ring (bicyclic) bond motifs is 1. The van der Waals surface area contributed by atoms with Crippen LogP contribution in [0, 0.1) is 0 Å². The lowest BCUT2D eigenvalue weighted by molar-refractivity contribution is 0.606. The number of aromatic nitrogens is 3. The lowest BCUT2D eigenvalue weighted by Crippen LogP contribution is -2.10. The molecule has 5 aromatic rings. The molecule has 0 radical (unpaired) electrons. The third-order valence-corrected chi connectivity index (χ3v) is 6.04. The highest BCUT2D eigenvalue weighted by atomic mass is 32.2. The maximum Gasteiger partial charge on any atom is 0.230 e. The summed E-state index contributed by atoms with van der Waals surface area (Å²) in [5, 5.41) is 5.52. The molecule has 2 aromatic carbocycles. The molecular formula is C27H23N5O2S. The molecule has 7 nitrogen and oxygen atoms in total. The first-order valence-electron chi connectivity index (χ1n) is 11.0. The van der Waals surface area contributed by atoms with Crippen LogP contribution in [0.4, 0.5) is 11.6 Å². The number of nitrogens with zero attached hydrogens (tertiary/aromatic N) is 3. The molecule has 0 saturated heterocycles. The number of benzene rings is 2. The Morgan fingerprint density at radius 2 is 1.66 bits per heavy atom. The highest BCUT2D eigenvalue weighted by Crippen LogP contribution is 2.35. The number of rotatable bonds is 7. The van der Waals surface area contributed by atoms with Gasteiger partial charge in [-0.15, -0.1) is 0 Å². The van der Waals surface area contributed by atoms with E-state index in [1.165, 1.54) is 0 Å². The molecule has 0 fully saturated rings. The van der Waals surface area contributed by atoms with Gasteiger partial charge in [0.2, 0.25) is 10.0 Å². The Kier molecular flexibility index (Phi) is 6.12. The van der Waals surface area contributed by atoms with E-state index in [2.05, 4.69) is 44.3 Å². The van der Waals surface area contributed by atoms with Crippen molar-refractivity contribution in [1.82, 2.24) is 15.0 Å². The predicted molar refractivity (Wildman–Crippen MR) is 140 cm³/mol. The molecule has 0 aliphatic carbocycles. The second-order valence-electron chi connectivity index (χ2n) is 8.11. The van der Waals surface area contributed by atoms with Crippen LogP contribution in [0.15, 0.2) is 97.3 Å². The molecule has 0 amide bonds. The summed E-state index contributed by atoms with van der Waals surface area (Å²) in [6, 6.07) is 27.7. The summed E-state index contributed by atoms with van der Waals surface area (Å²) >= 11 is 0. The van der Waals surface area contributed by atoms with Crippen LogP contribution in [-0.4, -0.2) is 29.6 Å². The maximum absolute atomic E-state index is 11.5. The van der Waals surface area contributed by atoms with Crippen LogP contribution in [0.25, 0.3) is 33.2 Å². The van der Waals surface area contributed by atoms with E-state index in [-0.39, 0.29) is 5.82 Å². The van der Waals surface area contributed by atoms with Crippen molar-refractivity contribution in [2.75, 3.05) is 16.3 Å². The van der Waals surface area contributed by atoms with E-state index in [9.17, 15) is 8.42 Å². The van der Waals surface area contributed by atoms with E-state index < -0.39 is 10.0 Å². The minimum atomic E-state index is -3.40. The van der Waals surface area contributed by atoms with Crippen molar-refractivity contribution >= 4 is 32.4 Å². The molecule has 0 spiro atoms. The first-order chi connectivity index (χ1) is 17.0. The summed E-state index contributed by atoms with van der Waals surface area (Å²) in [7, 11) is -3.40. The van der Waals surface area contributed by atoms with Gasteiger partial charge >= 0.3 is 0 Å². The third kappa shape index (κ3) is 5.28. The Balaban J connectivity index is 1.61. The Morgan fingerprint density at radius 1 is 0.829 bits per heavy atom. The minimum Gasteiger partial charge on any atom is -0.364 e. The van der Waals surface area contributed by atoms with Crippen LogP contribution >= 0.6 is 0 Å². The molecular weight excluding hydrogens is 458 g/mol. The van der Waals surface area contributed by atoms with Gasteiger partial charge in [-0.05, 0) is 46.8 Å². The van der Waals surface area contributed by atoms with Crippen LogP contribution in [0.3, 0.4) is 0 Å². The number of hydrogen-bond acceptors (Lipinski definition) is 6. The molecule has 0 aliphatic heterocycles. The summed E-state index contributed by atoms with van der Waals surface area (Å²) in [4.78, 5) is 13.6. The van der Waals surface area contributed by atoms with Crippen LogP contribution in [0.2, 0.25) is 0 Å². The zero-order valence-corrected chi connectivity index (χ0v) is 19.8. The smallest absolute Gasteiger partial charge is 0.230 e. The van der Waals surface area contributed by atoms with Gasteiger partial charge in [-0.3, -0.25) is 9.71 Å². The normalized spacial score (nSPS) is 11.3. The van der Waals surface area contributed by atoms with Crippen LogP contribution in [0.5, 0.6) is 0 Å². The molecule has 0 bridgehead atoms. The highest BCUT2D eigenvalue weighted by molar-refractivity contribution is 7.92. The van der Waals surface area contributed by atoms with Crippen molar-refractivity contribution in [3.63, 3.8) is 0 Å². The van der Waals surface area contributed by atoms with Crippen molar-refractivity contribution in [1.29, 1.82) is 0 Å². The fourth-order valence-electron chi connectivity index (χ4n) is 3.92. The zero-order chi connectivity index (χ0) is 24.3. The average molecular weight is 482 g/mol. The molecule has 0 aliphatic rings. The standard InChI is InChI=1S/C27H23N5O2S/c1-35(33,34)32-25-14-13-21(17-29-25)24-16-20-10-7-12-23(19-8-3-2-4-9-19)26(20)27(31-24)30-18-22-11-5-6-15-28-22/h2-17H,18H2,1H3,(H,29,32)(H,30,31). The van der Waals surface area contributed by atoms with Gasteiger partial charge in [0, 0.05) is 23.3 Å². The molecule has 5 rings (SSSR count). The van der Waals surface area contributed by atoms with Gasteiger partial charge in [-0.2, -0.15) is 0 Å². The van der Waals surface area contributed by atoms with Gasteiger partial charge in [0.05, 0.1) is 24.2 Å². The monoisotopic (exact) mass is 481 g/mol. The van der Waals surface area contributed by atoms with Gasteiger partial charge in [-0.25, -0.2) is 18.4 Å². The largest absolute Gasteiger partial charge is 0.364 e. The van der Waals surface area contributed by atoms with Gasteiger partial charge in [0.1, 0.15) is 11.6 Å². The van der Waals surface area contributed by atoms with Crippen LogP contribution < -0.4 is 10.0 Å². The number of sulfonamides is 1. The van der Waals surface area contributed by atoms with Crippen molar-refractivity contribution in [3.05, 3.63) is 103 Å². The molecule has 8 heteroatoms. The molecule has 0 saturated carbocycles. The number of anilines is 2. The zero-order valence-electron chi connectivity index (χ0n) is 19.0. The summed E-state index contributed by atoms with van der Waals surface area (Å²) in [5.41, 5.74) is 4.59. The molecule has 174 valence electrons. The molecule has 2 N–H and O–H groups in total. The van der Waals surface area contributed by atoms with Gasteiger partial charge in [0.15, 0.2) is 0 Å². The summed E-state index contributed by atoms with van der Waals surface area (Å²) in [5.74, 6) is 0.998. The first kappa shape index (κ1) is 22.5. The van der Waals surface area contributed by atoms with E-state index in [0.29, 0.717) is 6.54 Å². The Hall–Kier alpha value is -4.30. The molecule has 35 heavy (non-hydrogen) atoms. The Bertz CT molecular complexity index is 1570.